The van der Waals surface area contributed by atoms with Crippen LogP contribution in [0.15, 0.2) is 89.6 Å². The van der Waals surface area contributed by atoms with Gasteiger partial charge in [0.15, 0.2) is 0 Å². The lowest BCUT2D eigenvalue weighted by molar-refractivity contribution is 0.412. The number of aryl methyl sites for hydroxylation is 1. The molecule has 0 amide bonds. The van der Waals surface area contributed by atoms with Crippen LogP contribution in [-0.4, -0.2) is 20.1 Å². The van der Waals surface area contributed by atoms with Gasteiger partial charge in [0.2, 0.25) is 5.90 Å². The number of aliphatic imine (C=N–C) groups is 1. The number of rotatable bonds is 7. The largest absolute Gasteiger partial charge is 0.497 e. The van der Waals surface area contributed by atoms with Crippen molar-refractivity contribution in [2.24, 2.45) is 4.99 Å². The number of hydrogen-bond acceptors (Lipinski definition) is 5. The van der Waals surface area contributed by atoms with E-state index >= 15 is 0 Å². The fourth-order valence-corrected chi connectivity index (χ4v) is 2.62. The summed E-state index contributed by atoms with van der Waals surface area (Å²) in [5, 5.41) is 0. The summed E-state index contributed by atoms with van der Waals surface area (Å²) in [5.74, 6) is 3.38. The summed E-state index contributed by atoms with van der Waals surface area (Å²) in [6.07, 6.45) is 1.62. The third kappa shape index (κ3) is 5.88. The van der Waals surface area contributed by atoms with Gasteiger partial charge in [-0.2, -0.15) is 0 Å². The molecule has 0 spiro atoms. The molecule has 5 nitrogen and oxygen atoms in total. The Kier molecular flexibility index (Phi) is 7.11. The molecule has 3 aromatic carbocycles. The Morgan fingerprint density at radius 1 is 0.767 bits per heavy atom. The van der Waals surface area contributed by atoms with Crippen molar-refractivity contribution in [2.45, 2.75) is 13.8 Å². The second kappa shape index (κ2) is 10.2. The van der Waals surface area contributed by atoms with Crippen LogP contribution in [0.25, 0.3) is 0 Å². The zero-order chi connectivity index (χ0) is 21.3. The molecule has 0 aromatic heterocycles. The Morgan fingerprint density at radius 2 is 1.37 bits per heavy atom. The molecule has 0 saturated heterocycles. The molecule has 0 aliphatic carbocycles. The summed E-state index contributed by atoms with van der Waals surface area (Å²) in [7, 11) is 3.26. The molecular formula is C25H25NO4. The smallest absolute Gasteiger partial charge is 0.225 e. The average molecular weight is 403 g/mol. The van der Waals surface area contributed by atoms with Crippen molar-refractivity contribution in [3.05, 3.63) is 90.2 Å². The van der Waals surface area contributed by atoms with Crippen LogP contribution in [0.3, 0.4) is 0 Å². The Balaban J connectivity index is 1.86. The van der Waals surface area contributed by atoms with Crippen molar-refractivity contribution in [3.63, 3.8) is 0 Å². The van der Waals surface area contributed by atoms with Gasteiger partial charge in [-0.15, -0.1) is 0 Å². The highest BCUT2D eigenvalue weighted by atomic mass is 16.5. The van der Waals surface area contributed by atoms with Gasteiger partial charge in [0.1, 0.15) is 23.0 Å². The van der Waals surface area contributed by atoms with E-state index in [1.165, 1.54) is 0 Å². The van der Waals surface area contributed by atoms with Crippen LogP contribution < -0.4 is 18.9 Å². The monoisotopic (exact) mass is 403 g/mol. The molecule has 0 radical (unpaired) electrons. The molecule has 0 bridgehead atoms. The molecule has 154 valence electrons. The minimum Gasteiger partial charge on any atom is -0.497 e. The van der Waals surface area contributed by atoms with Crippen molar-refractivity contribution in [2.75, 3.05) is 14.2 Å². The normalized spacial score (nSPS) is 11.7. The summed E-state index contributed by atoms with van der Waals surface area (Å²) in [6.45, 7) is 3.91. The molecule has 0 N–H and O–H groups in total. The molecule has 0 heterocycles. The second-order valence-corrected chi connectivity index (χ2v) is 6.63. The standard InChI is InChI=1S/C25H25NO4/c1-18-6-5-7-24(16-18)30-25(26-20-8-10-21(27-3)11-9-20)19(2)17-29-23-14-12-22(28-4)13-15-23/h5-17H,1-4H3/b19-17+,26-25+. The maximum absolute atomic E-state index is 6.09. The van der Waals surface area contributed by atoms with E-state index < -0.39 is 0 Å². The van der Waals surface area contributed by atoms with E-state index in [1.54, 1.807) is 20.5 Å². The Morgan fingerprint density at radius 3 is 1.97 bits per heavy atom. The highest BCUT2D eigenvalue weighted by Gasteiger charge is 2.08. The molecule has 30 heavy (non-hydrogen) atoms. The minimum absolute atomic E-state index is 0.444. The van der Waals surface area contributed by atoms with Gasteiger partial charge in [0.25, 0.3) is 0 Å². The first-order valence-corrected chi connectivity index (χ1v) is 9.52. The summed E-state index contributed by atoms with van der Waals surface area (Å²) in [5.41, 5.74) is 2.59. The zero-order valence-corrected chi connectivity index (χ0v) is 17.6. The quantitative estimate of drug-likeness (QED) is 0.271. The highest BCUT2D eigenvalue weighted by Crippen LogP contribution is 2.22. The van der Waals surface area contributed by atoms with E-state index in [0.717, 1.165) is 28.3 Å². The predicted molar refractivity (Wildman–Crippen MR) is 119 cm³/mol. The van der Waals surface area contributed by atoms with Crippen LogP contribution in [-0.2, 0) is 0 Å². The first-order valence-electron chi connectivity index (χ1n) is 9.52. The molecule has 5 heteroatoms. The van der Waals surface area contributed by atoms with Crippen molar-refractivity contribution >= 4 is 11.6 Å². The number of benzene rings is 3. The Labute approximate surface area is 177 Å². The number of ether oxygens (including phenoxy) is 4. The van der Waals surface area contributed by atoms with Gasteiger partial charge in [0, 0.05) is 5.57 Å². The number of methoxy groups -OCH3 is 2. The fourth-order valence-electron chi connectivity index (χ4n) is 2.62. The van der Waals surface area contributed by atoms with E-state index in [9.17, 15) is 0 Å². The lowest BCUT2D eigenvalue weighted by Gasteiger charge is -2.11. The zero-order valence-electron chi connectivity index (χ0n) is 17.6. The fraction of sp³-hybridized carbons (Fsp3) is 0.160. The average Bonchev–Trinajstić information content (AvgIpc) is 2.78. The molecule has 0 aliphatic heterocycles. The molecule has 0 fully saturated rings. The van der Waals surface area contributed by atoms with Gasteiger partial charge >= 0.3 is 0 Å². The van der Waals surface area contributed by atoms with Gasteiger partial charge < -0.3 is 18.9 Å². The topological polar surface area (TPSA) is 49.3 Å². The minimum atomic E-state index is 0.444. The van der Waals surface area contributed by atoms with Crippen molar-refractivity contribution < 1.29 is 18.9 Å². The van der Waals surface area contributed by atoms with Crippen LogP contribution in [0.4, 0.5) is 5.69 Å². The first-order chi connectivity index (χ1) is 14.6. The molecule has 0 saturated carbocycles. The first kappa shape index (κ1) is 21.0. The molecule has 3 aromatic rings. The Hall–Kier alpha value is -3.73. The van der Waals surface area contributed by atoms with Gasteiger partial charge in [-0.1, -0.05) is 12.1 Å². The van der Waals surface area contributed by atoms with Crippen molar-refractivity contribution in [3.8, 4) is 23.0 Å². The van der Waals surface area contributed by atoms with E-state index in [-0.39, 0.29) is 0 Å². The van der Waals surface area contributed by atoms with Crippen molar-refractivity contribution in [1.29, 1.82) is 0 Å². The maximum Gasteiger partial charge on any atom is 0.225 e. The summed E-state index contributed by atoms with van der Waals surface area (Å²) in [6, 6.07) is 22.6. The summed E-state index contributed by atoms with van der Waals surface area (Å²) < 4.78 is 22.3. The van der Waals surface area contributed by atoms with E-state index in [4.69, 9.17) is 18.9 Å². The van der Waals surface area contributed by atoms with Crippen LogP contribution in [0.5, 0.6) is 23.0 Å². The highest BCUT2D eigenvalue weighted by molar-refractivity contribution is 5.96. The Bertz CT molecular complexity index is 1020. The molecule has 0 unspecified atom stereocenters. The third-order valence-electron chi connectivity index (χ3n) is 4.28. The lowest BCUT2D eigenvalue weighted by Crippen LogP contribution is -2.11. The maximum atomic E-state index is 6.09. The van der Waals surface area contributed by atoms with E-state index in [0.29, 0.717) is 17.4 Å². The molecule has 0 atom stereocenters. The molecular weight excluding hydrogens is 378 g/mol. The number of nitrogens with zero attached hydrogens (tertiary/aromatic N) is 1. The summed E-state index contributed by atoms with van der Waals surface area (Å²) in [4.78, 5) is 4.67. The van der Waals surface area contributed by atoms with Crippen LogP contribution in [0.2, 0.25) is 0 Å². The number of hydrogen-bond donors (Lipinski definition) is 0. The molecule has 0 aliphatic rings. The lowest BCUT2D eigenvalue weighted by atomic mass is 10.2. The molecule has 3 rings (SSSR count). The summed E-state index contributed by atoms with van der Waals surface area (Å²) >= 11 is 0. The SMILES string of the molecule is COc1ccc(/N=C(Oc2cccc(C)c2)\C(C)=C\Oc2ccc(OC)cc2)cc1. The van der Waals surface area contributed by atoms with Gasteiger partial charge in [0.05, 0.1) is 26.2 Å². The second-order valence-electron chi connectivity index (χ2n) is 6.63. The third-order valence-corrected chi connectivity index (χ3v) is 4.28. The van der Waals surface area contributed by atoms with Gasteiger partial charge in [-0.25, -0.2) is 4.99 Å². The van der Waals surface area contributed by atoms with E-state index in [2.05, 4.69) is 4.99 Å². The van der Waals surface area contributed by atoms with Crippen molar-refractivity contribution in [1.82, 2.24) is 0 Å². The van der Waals surface area contributed by atoms with Crippen LogP contribution in [0, 0.1) is 6.92 Å². The van der Waals surface area contributed by atoms with Gasteiger partial charge in [-0.05, 0) is 80.1 Å². The van der Waals surface area contributed by atoms with Gasteiger partial charge in [-0.3, -0.25) is 0 Å². The van der Waals surface area contributed by atoms with Crippen LogP contribution >= 0.6 is 0 Å². The van der Waals surface area contributed by atoms with Crippen LogP contribution in [0.1, 0.15) is 12.5 Å². The van der Waals surface area contributed by atoms with E-state index in [1.807, 2.05) is 86.6 Å². The predicted octanol–water partition coefficient (Wildman–Crippen LogP) is 6.10.